The third-order valence-corrected chi connectivity index (χ3v) is 4.62. The predicted molar refractivity (Wildman–Crippen MR) is 81.2 cm³/mol. The van der Waals surface area contributed by atoms with Crippen molar-refractivity contribution in [2.24, 2.45) is 11.1 Å². The molecule has 0 aliphatic carbocycles. The van der Waals surface area contributed by atoms with Crippen LogP contribution in [0.5, 0.6) is 5.75 Å². The van der Waals surface area contributed by atoms with Crippen molar-refractivity contribution >= 4 is 21.9 Å². The summed E-state index contributed by atoms with van der Waals surface area (Å²) in [7, 11) is -2.23. The number of amides is 1. The zero-order valence-electron chi connectivity index (χ0n) is 12.5. The van der Waals surface area contributed by atoms with Crippen LogP contribution in [0.4, 0.5) is 0 Å². The molecule has 9 heteroatoms. The molecular formula is C14H18N2O6S. The zero-order valence-corrected chi connectivity index (χ0v) is 13.3. The molecule has 1 aliphatic heterocycles. The molecule has 1 heterocycles. The van der Waals surface area contributed by atoms with Gasteiger partial charge in [-0.05, 0) is 17.7 Å². The van der Waals surface area contributed by atoms with Gasteiger partial charge in [-0.3, -0.25) is 4.79 Å². The van der Waals surface area contributed by atoms with Gasteiger partial charge in [0, 0.05) is 18.9 Å². The minimum absolute atomic E-state index is 0.0314. The summed E-state index contributed by atoms with van der Waals surface area (Å²) in [5, 5.41) is 14.5. The number of rotatable bonds is 6. The van der Waals surface area contributed by atoms with Crippen LogP contribution in [0.25, 0.3) is 0 Å². The molecule has 1 aromatic rings. The van der Waals surface area contributed by atoms with Gasteiger partial charge in [-0.15, -0.1) is 0 Å². The van der Waals surface area contributed by atoms with Crippen LogP contribution >= 0.6 is 0 Å². The Labute approximate surface area is 133 Å². The standard InChI is InChI=1S/C14H18N2O6S/c1-22-11-4-2-10(3-5-11)13(14(18)19)16-7-9(6-12(16)17)8-23(15,20)21/h2-5,9,13H,6-8H2,1H3,(H,18,19)(H2,15,20,21). The topological polar surface area (TPSA) is 127 Å². The Morgan fingerprint density at radius 1 is 1.43 bits per heavy atom. The van der Waals surface area contributed by atoms with Gasteiger partial charge in [0.1, 0.15) is 5.75 Å². The van der Waals surface area contributed by atoms with Crippen LogP contribution in [0.1, 0.15) is 18.0 Å². The van der Waals surface area contributed by atoms with E-state index in [1.165, 1.54) is 12.0 Å². The van der Waals surface area contributed by atoms with Gasteiger partial charge >= 0.3 is 5.97 Å². The smallest absolute Gasteiger partial charge is 0.331 e. The number of primary sulfonamides is 1. The van der Waals surface area contributed by atoms with Crippen molar-refractivity contribution in [1.82, 2.24) is 4.90 Å². The molecule has 1 saturated heterocycles. The molecular weight excluding hydrogens is 324 g/mol. The van der Waals surface area contributed by atoms with Gasteiger partial charge in [-0.2, -0.15) is 0 Å². The number of likely N-dealkylation sites (tertiary alicyclic amines) is 1. The molecule has 1 amide bonds. The Balaban J connectivity index is 2.24. The minimum Gasteiger partial charge on any atom is -0.497 e. The molecule has 0 spiro atoms. The number of sulfonamides is 1. The summed E-state index contributed by atoms with van der Waals surface area (Å²) >= 11 is 0. The number of benzene rings is 1. The number of nitrogens with zero attached hydrogens (tertiary/aromatic N) is 1. The van der Waals surface area contributed by atoms with Crippen molar-refractivity contribution in [3.63, 3.8) is 0 Å². The molecule has 1 fully saturated rings. The largest absolute Gasteiger partial charge is 0.497 e. The summed E-state index contributed by atoms with van der Waals surface area (Å²) < 4.78 is 27.3. The Kier molecular flexibility index (Phi) is 4.90. The fourth-order valence-electron chi connectivity index (χ4n) is 2.74. The van der Waals surface area contributed by atoms with Crippen LogP contribution in [0, 0.1) is 5.92 Å². The van der Waals surface area contributed by atoms with E-state index in [0.717, 1.165) is 0 Å². The number of carboxylic acid groups (broad SMARTS) is 1. The summed E-state index contributed by atoms with van der Waals surface area (Å²) in [5.41, 5.74) is 0.419. The molecule has 0 radical (unpaired) electrons. The summed E-state index contributed by atoms with van der Waals surface area (Å²) in [6, 6.07) is 5.18. The van der Waals surface area contributed by atoms with Gasteiger partial charge in [-0.25, -0.2) is 18.4 Å². The van der Waals surface area contributed by atoms with E-state index in [-0.39, 0.29) is 18.7 Å². The molecule has 0 bridgehead atoms. The van der Waals surface area contributed by atoms with Gasteiger partial charge in [0.05, 0.1) is 12.9 Å². The second kappa shape index (κ2) is 6.55. The fraction of sp³-hybridized carbons (Fsp3) is 0.429. The number of carbonyl (C=O) groups excluding carboxylic acids is 1. The third kappa shape index (κ3) is 4.20. The molecule has 1 aliphatic rings. The number of hydrogen-bond acceptors (Lipinski definition) is 5. The Hall–Kier alpha value is -2.13. The number of ether oxygens (including phenoxy) is 1. The van der Waals surface area contributed by atoms with Crippen LogP contribution in [0.3, 0.4) is 0 Å². The fourth-order valence-corrected chi connectivity index (χ4v) is 3.62. The second-order valence-electron chi connectivity index (χ2n) is 5.46. The van der Waals surface area contributed by atoms with E-state index in [1.54, 1.807) is 24.3 Å². The minimum atomic E-state index is -3.72. The van der Waals surface area contributed by atoms with Crippen LogP contribution in [-0.4, -0.2) is 49.7 Å². The van der Waals surface area contributed by atoms with E-state index in [2.05, 4.69) is 0 Å². The number of carboxylic acids is 1. The molecule has 0 aromatic heterocycles. The molecule has 0 saturated carbocycles. The van der Waals surface area contributed by atoms with Crippen molar-refractivity contribution < 1.29 is 27.9 Å². The molecule has 126 valence electrons. The van der Waals surface area contributed by atoms with E-state index in [9.17, 15) is 23.1 Å². The predicted octanol–water partition coefficient (Wildman–Crippen LogP) is -0.0421. The number of nitrogens with two attached hydrogens (primary N) is 1. The quantitative estimate of drug-likeness (QED) is 0.746. The molecule has 2 rings (SSSR count). The maximum absolute atomic E-state index is 12.1. The first-order valence-electron chi connectivity index (χ1n) is 6.88. The van der Waals surface area contributed by atoms with E-state index in [4.69, 9.17) is 9.88 Å². The normalized spacial score (nSPS) is 19.7. The summed E-state index contributed by atoms with van der Waals surface area (Å²) in [4.78, 5) is 24.9. The van der Waals surface area contributed by atoms with Gasteiger partial charge in [-0.1, -0.05) is 12.1 Å². The highest BCUT2D eigenvalue weighted by molar-refractivity contribution is 7.89. The first-order chi connectivity index (χ1) is 10.7. The average molecular weight is 342 g/mol. The first kappa shape index (κ1) is 17.2. The molecule has 1 aromatic carbocycles. The second-order valence-corrected chi connectivity index (χ2v) is 7.12. The maximum atomic E-state index is 12.1. The summed E-state index contributed by atoms with van der Waals surface area (Å²) in [5.74, 6) is -1.86. The van der Waals surface area contributed by atoms with E-state index < -0.39 is 33.9 Å². The van der Waals surface area contributed by atoms with Crippen LogP contribution in [-0.2, 0) is 19.6 Å². The first-order valence-corrected chi connectivity index (χ1v) is 8.59. The van der Waals surface area contributed by atoms with Crippen LogP contribution < -0.4 is 9.88 Å². The Bertz CT molecular complexity index is 700. The highest BCUT2D eigenvalue weighted by Crippen LogP contribution is 2.30. The highest BCUT2D eigenvalue weighted by Gasteiger charge is 2.39. The van der Waals surface area contributed by atoms with Crippen molar-refractivity contribution in [2.45, 2.75) is 12.5 Å². The lowest BCUT2D eigenvalue weighted by Crippen LogP contribution is -2.36. The summed E-state index contributed by atoms with van der Waals surface area (Å²) in [6.07, 6.45) is -0.0314. The van der Waals surface area contributed by atoms with E-state index in [0.29, 0.717) is 11.3 Å². The van der Waals surface area contributed by atoms with Crippen molar-refractivity contribution in [1.29, 1.82) is 0 Å². The lowest BCUT2D eigenvalue weighted by Gasteiger charge is -2.25. The van der Waals surface area contributed by atoms with Gasteiger partial charge < -0.3 is 14.7 Å². The number of aliphatic carboxylic acids is 1. The van der Waals surface area contributed by atoms with Crippen LogP contribution in [0.15, 0.2) is 24.3 Å². The third-order valence-electron chi connectivity index (χ3n) is 3.68. The zero-order chi connectivity index (χ0) is 17.2. The van der Waals surface area contributed by atoms with Gasteiger partial charge in [0.15, 0.2) is 6.04 Å². The average Bonchev–Trinajstić information content (AvgIpc) is 2.78. The van der Waals surface area contributed by atoms with Gasteiger partial charge in [0.2, 0.25) is 15.9 Å². The molecule has 2 atom stereocenters. The molecule has 2 unspecified atom stereocenters. The highest BCUT2D eigenvalue weighted by atomic mass is 32.2. The molecule has 8 nitrogen and oxygen atoms in total. The van der Waals surface area contributed by atoms with Crippen LogP contribution in [0.2, 0.25) is 0 Å². The molecule has 23 heavy (non-hydrogen) atoms. The number of carbonyl (C=O) groups is 2. The maximum Gasteiger partial charge on any atom is 0.331 e. The SMILES string of the molecule is COc1ccc(C(C(=O)O)N2CC(CS(N)(=O)=O)CC2=O)cc1. The Morgan fingerprint density at radius 2 is 2.04 bits per heavy atom. The Morgan fingerprint density at radius 3 is 2.52 bits per heavy atom. The number of hydrogen-bond donors (Lipinski definition) is 2. The molecule has 3 N–H and O–H groups in total. The van der Waals surface area contributed by atoms with Crippen molar-refractivity contribution in [3.8, 4) is 5.75 Å². The van der Waals surface area contributed by atoms with Gasteiger partial charge in [0.25, 0.3) is 0 Å². The lowest BCUT2D eigenvalue weighted by atomic mass is 10.1. The monoisotopic (exact) mass is 342 g/mol. The van der Waals surface area contributed by atoms with Crippen molar-refractivity contribution in [3.05, 3.63) is 29.8 Å². The number of methoxy groups -OCH3 is 1. The van der Waals surface area contributed by atoms with E-state index >= 15 is 0 Å². The van der Waals surface area contributed by atoms with Crippen molar-refractivity contribution in [2.75, 3.05) is 19.4 Å². The lowest BCUT2D eigenvalue weighted by molar-refractivity contribution is -0.148. The summed E-state index contributed by atoms with van der Waals surface area (Å²) in [6.45, 7) is 0.0399. The van der Waals surface area contributed by atoms with E-state index in [1.807, 2.05) is 0 Å².